The summed E-state index contributed by atoms with van der Waals surface area (Å²) in [7, 11) is 0. The van der Waals surface area contributed by atoms with Gasteiger partial charge in [-0.05, 0) is 121 Å². The minimum absolute atomic E-state index is 0.00214. The number of rotatable bonds is 17. The Morgan fingerprint density at radius 1 is 0.720 bits per heavy atom. The number of alkyl halides is 3. The number of carbonyl (C=O) groups excluding carboxylic acids is 2. The van der Waals surface area contributed by atoms with Gasteiger partial charge >= 0.3 is 6.18 Å². The van der Waals surface area contributed by atoms with Gasteiger partial charge in [-0.15, -0.1) is 0 Å². The minimum Gasteiger partial charge on any atom is -0.507 e. The number of amides is 2. The van der Waals surface area contributed by atoms with E-state index in [4.69, 9.17) is 25.8 Å². The van der Waals surface area contributed by atoms with E-state index in [0.29, 0.717) is 71.8 Å². The smallest absolute Gasteiger partial charge is 0.416 e. The van der Waals surface area contributed by atoms with Crippen LogP contribution in [0, 0.1) is 18.6 Å². The van der Waals surface area contributed by atoms with E-state index in [1.165, 1.54) is 30.3 Å². The van der Waals surface area contributed by atoms with E-state index in [9.17, 15) is 32.3 Å². The number of aromatic nitrogens is 5. The van der Waals surface area contributed by atoms with Crippen LogP contribution in [0.5, 0.6) is 11.5 Å². The summed E-state index contributed by atoms with van der Waals surface area (Å²) in [6.07, 6.45) is -3.05. The molecule has 82 heavy (non-hydrogen) atoms. The van der Waals surface area contributed by atoms with Crippen molar-refractivity contribution in [2.24, 2.45) is 0 Å². The van der Waals surface area contributed by atoms with Gasteiger partial charge in [-0.25, -0.2) is 23.7 Å². The maximum atomic E-state index is 15.4. The third-order valence-electron chi connectivity index (χ3n) is 13.1. The Kier molecular flexibility index (Phi) is 16.7. The first-order valence-electron chi connectivity index (χ1n) is 25.6. The molecule has 3 aromatic heterocycles. The van der Waals surface area contributed by atoms with Crippen LogP contribution in [-0.4, -0.2) is 94.1 Å². The Bertz CT molecular complexity index is 3670. The summed E-state index contributed by atoms with van der Waals surface area (Å²) in [4.78, 5) is 51.0. The number of aromatic hydroxyl groups is 1. The van der Waals surface area contributed by atoms with Gasteiger partial charge in [0.25, 0.3) is 11.8 Å². The lowest BCUT2D eigenvalue weighted by Crippen LogP contribution is -2.46. The fourth-order valence-corrected chi connectivity index (χ4v) is 9.32. The Labute approximate surface area is 470 Å². The van der Waals surface area contributed by atoms with Crippen LogP contribution in [0.25, 0.3) is 22.3 Å². The molecule has 422 valence electrons. The van der Waals surface area contributed by atoms with E-state index >= 15 is 4.39 Å². The van der Waals surface area contributed by atoms with Crippen molar-refractivity contribution in [3.8, 4) is 33.8 Å². The van der Waals surface area contributed by atoms with E-state index in [0.717, 1.165) is 35.7 Å². The topological polar surface area (TPSA) is 225 Å². The zero-order valence-corrected chi connectivity index (χ0v) is 44.5. The predicted molar refractivity (Wildman–Crippen MR) is 299 cm³/mol. The molecule has 2 saturated heterocycles. The number of morpholine rings is 2. The summed E-state index contributed by atoms with van der Waals surface area (Å²) in [5, 5.41) is 17.1. The van der Waals surface area contributed by atoms with Crippen molar-refractivity contribution in [1.82, 2.24) is 35.8 Å². The maximum Gasteiger partial charge on any atom is 0.416 e. The number of hydrogen-bond acceptors (Lipinski definition) is 17. The van der Waals surface area contributed by atoms with Crippen molar-refractivity contribution >= 4 is 69.7 Å². The fraction of sp³-hybridized carbons (Fsp3) is 0.211. The molecule has 10 rings (SSSR count). The van der Waals surface area contributed by atoms with Gasteiger partial charge in [-0.1, -0.05) is 48.9 Å². The number of hydrazine groups is 2. The van der Waals surface area contributed by atoms with Gasteiger partial charge in [-0.2, -0.15) is 23.1 Å². The number of anilines is 8. The lowest BCUT2D eigenvalue weighted by molar-refractivity contribution is -0.137. The molecule has 25 heteroatoms. The summed E-state index contributed by atoms with van der Waals surface area (Å²) in [5.41, 5.74) is 14.5. The van der Waals surface area contributed by atoms with Crippen LogP contribution in [-0.2, 0) is 22.1 Å². The number of nitrogens with zero attached hydrogens (tertiary/aromatic N) is 7. The number of para-hydroxylation sites is 1. The molecule has 19 nitrogen and oxygen atoms in total. The lowest BCUT2D eigenvalue weighted by atomic mass is 10.0. The number of nitrogens with one attached hydrogen (secondary N) is 6. The second-order valence-electron chi connectivity index (χ2n) is 18.7. The first-order chi connectivity index (χ1) is 39.5. The Morgan fingerprint density at radius 2 is 1.41 bits per heavy atom. The van der Waals surface area contributed by atoms with Crippen molar-refractivity contribution in [3.05, 3.63) is 172 Å². The zero-order chi connectivity index (χ0) is 57.5. The number of aryl methyl sites for hydroxylation is 2. The molecule has 0 saturated carbocycles. The van der Waals surface area contributed by atoms with Crippen molar-refractivity contribution in [2.75, 3.05) is 77.3 Å². The number of carbonyl (C=O) groups is 2. The molecule has 2 fully saturated rings. The fourth-order valence-electron chi connectivity index (χ4n) is 9.09. The van der Waals surface area contributed by atoms with Gasteiger partial charge in [0.1, 0.15) is 17.2 Å². The van der Waals surface area contributed by atoms with E-state index < -0.39 is 41.5 Å². The molecule has 5 aromatic carbocycles. The number of halogens is 6. The number of phenolic OH excluding ortho intramolecular Hbond substituents is 1. The van der Waals surface area contributed by atoms with E-state index in [1.54, 1.807) is 71.3 Å². The zero-order valence-electron chi connectivity index (χ0n) is 43.7. The summed E-state index contributed by atoms with van der Waals surface area (Å²) in [6, 6.07) is 30.1. The molecular weight excluding hydrogens is 1090 g/mol. The normalized spacial score (nSPS) is 14.4. The highest BCUT2D eigenvalue weighted by molar-refractivity contribution is 6.31. The Hall–Kier alpha value is -9.39. The molecule has 0 radical (unpaired) electrons. The third-order valence-corrected chi connectivity index (χ3v) is 13.3. The molecule has 0 bridgehead atoms. The maximum absolute atomic E-state index is 15.4. The number of ether oxygens (including phenoxy) is 3. The van der Waals surface area contributed by atoms with Gasteiger partial charge in [0.15, 0.2) is 23.3 Å². The number of benzene rings is 5. The molecule has 5 heterocycles. The molecule has 1 unspecified atom stereocenters. The average Bonchev–Trinajstić information content (AvgIpc) is 3.57. The minimum atomic E-state index is -4.66. The summed E-state index contributed by atoms with van der Waals surface area (Å²) in [5.74, 6) is -2.30. The molecule has 2 aliphatic heterocycles. The standard InChI is InChI=1S/C57H51ClF5N13O6/c1-3-46-47(13-14-48(68-46)54(79)72-74-55-64-29-44(59)51(69-55)75-15-18-80-19-16-75)67-40-24-34(23-37(58)28-40)33-7-6-8-41(26-33)82-50-31-76(17-20-81-50)52-45(60)30-65-56(70-52)73-71-53(78)42-12-11-38(21-32(42)2)66-39-25-35(22-36(27-39)57(61,62)63)43-9-4-5-10-49(43)77/h4-14,21-30,50,66-67,77H,3,15-20,31H2,1-2H3,(H,71,78)(H,72,79)(H,64,69,74)(H,65,70,73). The van der Waals surface area contributed by atoms with Crippen LogP contribution in [0.1, 0.15) is 44.6 Å². The van der Waals surface area contributed by atoms with Gasteiger partial charge in [0, 0.05) is 52.8 Å². The summed E-state index contributed by atoms with van der Waals surface area (Å²) >= 11 is 6.67. The van der Waals surface area contributed by atoms with Crippen LogP contribution in [0.15, 0.2) is 128 Å². The summed E-state index contributed by atoms with van der Waals surface area (Å²) < 4.78 is 89.4. The van der Waals surface area contributed by atoms with Crippen LogP contribution in [0.2, 0.25) is 5.02 Å². The van der Waals surface area contributed by atoms with Crippen molar-refractivity contribution in [2.45, 2.75) is 32.7 Å². The number of phenols is 1. The van der Waals surface area contributed by atoms with E-state index in [1.807, 2.05) is 25.1 Å². The van der Waals surface area contributed by atoms with Gasteiger partial charge < -0.3 is 39.8 Å². The number of hydrogen-bond donors (Lipinski definition) is 7. The van der Waals surface area contributed by atoms with Crippen LogP contribution in [0.4, 0.5) is 68.2 Å². The molecule has 8 aromatic rings. The van der Waals surface area contributed by atoms with E-state index in [-0.39, 0.29) is 77.0 Å². The van der Waals surface area contributed by atoms with Gasteiger partial charge in [-0.3, -0.25) is 31.3 Å². The van der Waals surface area contributed by atoms with E-state index in [2.05, 4.69) is 57.3 Å². The number of pyridine rings is 1. The molecule has 2 amide bonds. The van der Waals surface area contributed by atoms with Crippen LogP contribution >= 0.6 is 11.6 Å². The highest BCUT2D eigenvalue weighted by Crippen LogP contribution is 2.39. The SMILES string of the molecule is CCc1nc(C(=O)NNc2ncc(F)c(N3CCOCC3)n2)ccc1Nc1cc(Cl)cc(-c2cccc(OC3CN(c4nc(NNC(=O)c5ccc(Nc6cc(-c7ccccc7O)cc(C(F)(F)F)c6)cc5C)ncc4F)CCO3)c2)c1. The Morgan fingerprint density at radius 3 is 2.13 bits per heavy atom. The molecule has 1 atom stereocenters. The lowest BCUT2D eigenvalue weighted by Gasteiger charge is -2.33. The van der Waals surface area contributed by atoms with Crippen LogP contribution in [0.3, 0.4) is 0 Å². The Balaban J connectivity index is 0.747. The molecule has 7 N–H and O–H groups in total. The molecule has 0 spiro atoms. The third kappa shape index (κ3) is 13.4. The van der Waals surface area contributed by atoms with Crippen molar-refractivity contribution < 1.29 is 50.9 Å². The average molecular weight is 1140 g/mol. The van der Waals surface area contributed by atoms with Gasteiger partial charge in [0.2, 0.25) is 18.2 Å². The monoisotopic (exact) mass is 1140 g/mol. The predicted octanol–water partition coefficient (Wildman–Crippen LogP) is 10.6. The first kappa shape index (κ1) is 55.9. The second kappa shape index (κ2) is 24.5. The highest BCUT2D eigenvalue weighted by Gasteiger charge is 2.32. The highest BCUT2D eigenvalue weighted by atomic mass is 35.5. The molecular formula is C57H51ClF5N13O6. The summed E-state index contributed by atoms with van der Waals surface area (Å²) in [6.45, 7) is 5.83. The van der Waals surface area contributed by atoms with Crippen molar-refractivity contribution in [1.29, 1.82) is 0 Å². The van der Waals surface area contributed by atoms with Crippen molar-refractivity contribution in [3.63, 3.8) is 0 Å². The largest absolute Gasteiger partial charge is 0.507 e. The molecule has 0 aliphatic carbocycles. The van der Waals surface area contributed by atoms with Crippen LogP contribution < -0.4 is 46.9 Å². The second-order valence-corrected chi connectivity index (χ2v) is 19.2. The molecule has 2 aliphatic rings. The van der Waals surface area contributed by atoms with Gasteiger partial charge in [0.05, 0.1) is 55.7 Å². The quantitative estimate of drug-likeness (QED) is 0.0332. The first-order valence-corrected chi connectivity index (χ1v) is 26.0.